The van der Waals surface area contributed by atoms with Crippen LogP contribution in [-0.2, 0) is 21.5 Å². The van der Waals surface area contributed by atoms with Crippen LogP contribution in [0.5, 0.6) is 0 Å². The lowest BCUT2D eigenvalue weighted by molar-refractivity contribution is -0.387. The number of para-hydroxylation sites is 1. The van der Waals surface area contributed by atoms with Crippen molar-refractivity contribution in [1.29, 1.82) is 0 Å². The van der Waals surface area contributed by atoms with Crippen molar-refractivity contribution >= 4 is 23.2 Å². The average molecular weight is 550 g/mol. The molecule has 10 heteroatoms. The number of rotatable bonds is 5. The lowest BCUT2D eigenvalue weighted by Gasteiger charge is -2.34. The normalized spacial score (nSPS) is 23.5. The Bertz CT molecular complexity index is 1700. The minimum atomic E-state index is -1.44. The molecule has 0 aliphatic carbocycles. The van der Waals surface area contributed by atoms with Crippen molar-refractivity contribution in [1.82, 2.24) is 15.2 Å². The minimum absolute atomic E-state index is 0.0907. The topological polar surface area (TPSA) is 113 Å². The predicted molar refractivity (Wildman–Crippen MR) is 148 cm³/mol. The summed E-state index contributed by atoms with van der Waals surface area (Å²) in [6.45, 7) is 4.16. The third-order valence-corrected chi connectivity index (χ3v) is 8.60. The summed E-state index contributed by atoms with van der Waals surface area (Å²) < 4.78 is 5.72. The van der Waals surface area contributed by atoms with Gasteiger partial charge in [0.05, 0.1) is 17.5 Å². The minimum Gasteiger partial charge on any atom is -0.351 e. The number of nitrogens with zero attached hydrogens (tertiary/aromatic N) is 5. The lowest BCUT2D eigenvalue weighted by atomic mass is 9.67. The molecular weight excluding hydrogens is 522 g/mol. The number of fused-ring (bicyclic) bond motifs is 3. The van der Waals surface area contributed by atoms with Gasteiger partial charge in [0.1, 0.15) is 11.5 Å². The second kappa shape index (κ2) is 9.10. The summed E-state index contributed by atoms with van der Waals surface area (Å²) >= 11 is 0. The van der Waals surface area contributed by atoms with E-state index in [-0.39, 0.29) is 35.4 Å². The zero-order valence-corrected chi connectivity index (χ0v) is 22.6. The molecule has 0 saturated carbocycles. The van der Waals surface area contributed by atoms with Crippen LogP contribution in [0.2, 0.25) is 0 Å². The molecule has 0 N–H and O–H groups in total. The van der Waals surface area contributed by atoms with Crippen molar-refractivity contribution in [3.05, 3.63) is 123 Å². The Balaban J connectivity index is 1.54. The Labute approximate surface area is 235 Å². The van der Waals surface area contributed by atoms with Crippen LogP contribution in [-0.4, -0.2) is 38.5 Å². The van der Waals surface area contributed by atoms with Crippen LogP contribution in [0.15, 0.2) is 83.4 Å². The van der Waals surface area contributed by atoms with Crippen molar-refractivity contribution in [3.63, 3.8) is 0 Å². The van der Waals surface area contributed by atoms with Gasteiger partial charge in [-0.15, -0.1) is 0 Å². The first-order chi connectivity index (χ1) is 19.8. The third-order valence-electron chi connectivity index (χ3n) is 8.60. The Morgan fingerprint density at radius 3 is 2.41 bits per heavy atom. The summed E-state index contributed by atoms with van der Waals surface area (Å²) in [5.41, 5.74) is 2.57. The smallest absolute Gasteiger partial charge is 0.336 e. The molecule has 206 valence electrons. The second-order valence-electron chi connectivity index (χ2n) is 10.9. The summed E-state index contributed by atoms with van der Waals surface area (Å²) in [6, 6.07) is 23.4. The highest BCUT2D eigenvalue weighted by molar-refractivity contribution is 6.10. The van der Waals surface area contributed by atoms with Crippen molar-refractivity contribution < 1.29 is 19.0 Å². The number of carbonyl (C=O) groups is 2. The summed E-state index contributed by atoms with van der Waals surface area (Å²) in [7, 11) is 0. The first-order valence-corrected chi connectivity index (χ1v) is 13.5. The van der Waals surface area contributed by atoms with Gasteiger partial charge in [-0.2, -0.15) is 0 Å². The molecule has 2 fully saturated rings. The van der Waals surface area contributed by atoms with E-state index in [0.717, 1.165) is 16.7 Å². The number of hydrogen-bond acceptors (Lipinski definition) is 7. The van der Waals surface area contributed by atoms with Gasteiger partial charge in [-0.3, -0.25) is 24.7 Å². The maximum atomic E-state index is 15.2. The molecule has 4 aromatic rings. The number of aromatic nitrogens is 1. The average Bonchev–Trinajstić information content (AvgIpc) is 3.68. The van der Waals surface area contributed by atoms with Gasteiger partial charge in [0, 0.05) is 18.7 Å². The Morgan fingerprint density at radius 1 is 0.976 bits per heavy atom. The Kier molecular flexibility index (Phi) is 5.58. The third kappa shape index (κ3) is 3.43. The van der Waals surface area contributed by atoms with Crippen LogP contribution in [0.25, 0.3) is 0 Å². The van der Waals surface area contributed by atoms with Crippen LogP contribution < -0.4 is 4.90 Å². The van der Waals surface area contributed by atoms with Crippen molar-refractivity contribution in [2.75, 3.05) is 11.4 Å². The fourth-order valence-corrected chi connectivity index (χ4v) is 6.94. The summed E-state index contributed by atoms with van der Waals surface area (Å²) in [6.07, 6.45) is 0.222. The molecular formula is C31H27N5O5. The largest absolute Gasteiger partial charge is 0.351 e. The molecule has 1 aromatic heterocycles. The number of anilines is 1. The number of hydrazine groups is 1. The van der Waals surface area contributed by atoms with E-state index in [1.165, 1.54) is 11.9 Å². The second-order valence-corrected chi connectivity index (χ2v) is 10.9. The molecule has 4 heterocycles. The molecule has 7 rings (SSSR count). The van der Waals surface area contributed by atoms with Crippen molar-refractivity contribution in [2.45, 2.75) is 44.3 Å². The highest BCUT2D eigenvalue weighted by Gasteiger charge is 2.73. The van der Waals surface area contributed by atoms with E-state index in [4.69, 9.17) is 4.52 Å². The van der Waals surface area contributed by atoms with E-state index in [1.54, 1.807) is 4.90 Å². The van der Waals surface area contributed by atoms with E-state index in [9.17, 15) is 14.9 Å². The zero-order valence-electron chi connectivity index (χ0n) is 22.6. The molecule has 0 radical (unpaired) electrons. The van der Waals surface area contributed by atoms with Crippen LogP contribution >= 0.6 is 0 Å². The van der Waals surface area contributed by atoms with E-state index in [1.807, 2.05) is 90.8 Å². The molecule has 3 unspecified atom stereocenters. The first kappa shape index (κ1) is 25.2. The molecule has 3 aliphatic heterocycles. The van der Waals surface area contributed by atoms with Crippen molar-refractivity contribution in [3.8, 4) is 0 Å². The first-order valence-electron chi connectivity index (χ1n) is 13.5. The highest BCUT2D eigenvalue weighted by Crippen LogP contribution is 2.65. The van der Waals surface area contributed by atoms with Crippen LogP contribution in [0.1, 0.15) is 52.2 Å². The van der Waals surface area contributed by atoms with Gasteiger partial charge in [0.25, 0.3) is 0 Å². The van der Waals surface area contributed by atoms with E-state index in [2.05, 4.69) is 5.16 Å². The highest BCUT2D eigenvalue weighted by atomic mass is 16.6. The van der Waals surface area contributed by atoms with Gasteiger partial charge in [0.2, 0.25) is 17.6 Å². The molecule has 2 saturated heterocycles. The number of nitro groups is 1. The van der Waals surface area contributed by atoms with Gasteiger partial charge < -0.3 is 9.42 Å². The predicted octanol–water partition coefficient (Wildman–Crippen LogP) is 4.93. The van der Waals surface area contributed by atoms with Crippen LogP contribution in [0.4, 0.5) is 11.4 Å². The van der Waals surface area contributed by atoms with Gasteiger partial charge in [-0.25, -0.2) is 5.01 Å². The summed E-state index contributed by atoms with van der Waals surface area (Å²) in [4.78, 5) is 42.4. The van der Waals surface area contributed by atoms with Gasteiger partial charge >= 0.3 is 5.69 Å². The molecule has 2 amide bonds. The van der Waals surface area contributed by atoms with Gasteiger partial charge in [-0.05, 0) is 36.6 Å². The molecule has 0 bridgehead atoms. The van der Waals surface area contributed by atoms with Gasteiger partial charge in [0.15, 0.2) is 5.69 Å². The molecule has 3 aromatic carbocycles. The SMILES string of the molecule is Cc1ccc(C2N3CCC(=O)N3C(c3onc(C)c3[N+](=O)[O-])C23C(=O)N(Cc2ccccc2)c2ccccc23)cc1. The maximum Gasteiger partial charge on any atom is 0.336 e. The monoisotopic (exact) mass is 549 g/mol. The van der Waals surface area contributed by atoms with E-state index >= 15 is 4.79 Å². The van der Waals surface area contributed by atoms with E-state index < -0.39 is 22.4 Å². The van der Waals surface area contributed by atoms with Crippen LogP contribution in [0.3, 0.4) is 0 Å². The number of aryl methyl sites for hydroxylation is 2. The standard InChI is InChI=1S/C31H27N5O5/c1-19-12-14-22(15-13-19)28-31(23-10-6-7-11-24(23)33(30(31)38)18-21-8-4-3-5-9-21)29(35-25(37)16-17-34(28)35)27-26(36(39)40)20(2)32-41-27/h3-15,28-29H,16-18H2,1-2H3. The number of benzene rings is 3. The molecule has 41 heavy (non-hydrogen) atoms. The Morgan fingerprint density at radius 2 is 1.68 bits per heavy atom. The molecule has 3 aliphatic rings. The molecule has 1 spiro atoms. The fraction of sp³-hybridized carbons (Fsp3) is 0.258. The Hall–Kier alpha value is -4.83. The number of hydrogen-bond donors (Lipinski definition) is 0. The maximum absolute atomic E-state index is 15.2. The lowest BCUT2D eigenvalue weighted by Crippen LogP contribution is -2.48. The van der Waals surface area contributed by atoms with E-state index in [0.29, 0.717) is 24.3 Å². The van der Waals surface area contributed by atoms with Gasteiger partial charge in [-0.1, -0.05) is 83.5 Å². The molecule has 10 nitrogen and oxygen atoms in total. The quantitative estimate of drug-likeness (QED) is 0.256. The van der Waals surface area contributed by atoms with Crippen molar-refractivity contribution in [2.24, 2.45) is 0 Å². The fourth-order valence-electron chi connectivity index (χ4n) is 6.94. The summed E-state index contributed by atoms with van der Waals surface area (Å²) in [5.74, 6) is -0.560. The number of carbonyl (C=O) groups excluding carboxylic acids is 2. The number of amides is 2. The zero-order chi connectivity index (χ0) is 28.5. The van der Waals surface area contributed by atoms with Crippen LogP contribution in [0, 0.1) is 24.0 Å². The summed E-state index contributed by atoms with van der Waals surface area (Å²) in [5, 5.41) is 19.7. The molecule has 3 atom stereocenters.